The van der Waals surface area contributed by atoms with E-state index in [2.05, 4.69) is 48.3 Å². The summed E-state index contributed by atoms with van der Waals surface area (Å²) < 4.78 is 5.54. The Morgan fingerprint density at radius 3 is 2.75 bits per heavy atom. The minimum Gasteiger partial charge on any atom is -0.494 e. The lowest BCUT2D eigenvalue weighted by Gasteiger charge is -2.48. The summed E-state index contributed by atoms with van der Waals surface area (Å²) >= 11 is 0. The van der Waals surface area contributed by atoms with Gasteiger partial charge in [0.05, 0.1) is 6.61 Å². The lowest BCUT2D eigenvalue weighted by atomic mass is 9.74. The van der Waals surface area contributed by atoms with Crippen LogP contribution in [0, 0.1) is 5.41 Å². The predicted molar refractivity (Wildman–Crippen MR) is 83.6 cm³/mol. The standard InChI is InChI=1S/C17H26N2O/c1-4-20-15-7-5-14(6-8-15)19-12-13-11-17(2,3)16(19)9-10-18-13/h5-8,13,16,18H,4,9-12H2,1-3H3/t13-,16+/m0/s1. The Morgan fingerprint density at radius 1 is 1.30 bits per heavy atom. The molecule has 0 amide bonds. The average Bonchev–Trinajstić information content (AvgIpc) is 2.70. The number of nitrogens with one attached hydrogen (secondary N) is 1. The maximum atomic E-state index is 5.54. The van der Waals surface area contributed by atoms with E-state index in [1.54, 1.807) is 0 Å². The number of nitrogens with zero attached hydrogens (tertiary/aromatic N) is 1. The molecule has 0 saturated carbocycles. The van der Waals surface area contributed by atoms with E-state index < -0.39 is 0 Å². The van der Waals surface area contributed by atoms with E-state index in [0.29, 0.717) is 17.5 Å². The lowest BCUT2D eigenvalue weighted by Crippen LogP contribution is -2.54. The van der Waals surface area contributed by atoms with Gasteiger partial charge in [0.2, 0.25) is 0 Å². The summed E-state index contributed by atoms with van der Waals surface area (Å²) in [5.74, 6) is 0.966. The molecule has 0 unspecified atom stereocenters. The summed E-state index contributed by atoms with van der Waals surface area (Å²) in [5.41, 5.74) is 1.71. The molecule has 1 N–H and O–H groups in total. The molecule has 0 spiro atoms. The summed E-state index contributed by atoms with van der Waals surface area (Å²) in [6.07, 6.45) is 2.52. The van der Waals surface area contributed by atoms with E-state index in [0.717, 1.165) is 25.4 Å². The van der Waals surface area contributed by atoms with Gasteiger partial charge in [-0.2, -0.15) is 0 Å². The van der Waals surface area contributed by atoms with Gasteiger partial charge in [0.15, 0.2) is 0 Å². The van der Waals surface area contributed by atoms with Gasteiger partial charge in [-0.25, -0.2) is 0 Å². The Labute approximate surface area is 122 Å². The molecule has 4 rings (SSSR count). The van der Waals surface area contributed by atoms with Crippen molar-refractivity contribution in [2.45, 2.75) is 45.7 Å². The van der Waals surface area contributed by atoms with E-state index in [1.165, 1.54) is 18.5 Å². The van der Waals surface area contributed by atoms with Crippen LogP contribution in [-0.4, -0.2) is 31.8 Å². The van der Waals surface area contributed by atoms with Crippen molar-refractivity contribution in [1.29, 1.82) is 0 Å². The minimum absolute atomic E-state index is 0.380. The molecule has 3 heteroatoms. The number of fused-ring (bicyclic) bond motifs is 4. The van der Waals surface area contributed by atoms with Crippen molar-refractivity contribution in [2.24, 2.45) is 5.41 Å². The largest absolute Gasteiger partial charge is 0.494 e. The molecule has 110 valence electrons. The smallest absolute Gasteiger partial charge is 0.119 e. The zero-order valence-corrected chi connectivity index (χ0v) is 12.9. The fourth-order valence-corrected chi connectivity index (χ4v) is 3.92. The van der Waals surface area contributed by atoms with Crippen LogP contribution in [0.4, 0.5) is 5.69 Å². The summed E-state index contributed by atoms with van der Waals surface area (Å²) in [5, 5.41) is 3.69. The molecule has 2 bridgehead atoms. The predicted octanol–water partition coefficient (Wildman–Crippen LogP) is 3.05. The first-order valence-corrected chi connectivity index (χ1v) is 7.83. The lowest BCUT2D eigenvalue weighted by molar-refractivity contribution is 0.204. The van der Waals surface area contributed by atoms with E-state index >= 15 is 0 Å². The zero-order chi connectivity index (χ0) is 14.2. The summed E-state index contributed by atoms with van der Waals surface area (Å²) in [6.45, 7) is 9.85. The number of hydrogen-bond acceptors (Lipinski definition) is 3. The number of piperidine rings is 1. The molecule has 20 heavy (non-hydrogen) atoms. The first-order chi connectivity index (χ1) is 9.60. The van der Waals surface area contributed by atoms with Crippen LogP contribution in [0.3, 0.4) is 0 Å². The highest BCUT2D eigenvalue weighted by molar-refractivity contribution is 5.51. The molecular weight excluding hydrogens is 248 g/mol. The molecule has 3 saturated heterocycles. The van der Waals surface area contributed by atoms with Crippen LogP contribution >= 0.6 is 0 Å². The average molecular weight is 274 g/mol. The van der Waals surface area contributed by atoms with Gasteiger partial charge >= 0.3 is 0 Å². The zero-order valence-electron chi connectivity index (χ0n) is 12.9. The highest BCUT2D eigenvalue weighted by Gasteiger charge is 2.43. The van der Waals surface area contributed by atoms with Crippen molar-refractivity contribution in [1.82, 2.24) is 5.32 Å². The second kappa shape index (κ2) is 5.28. The van der Waals surface area contributed by atoms with Crippen LogP contribution in [0.15, 0.2) is 24.3 Å². The van der Waals surface area contributed by atoms with E-state index in [4.69, 9.17) is 4.74 Å². The quantitative estimate of drug-likeness (QED) is 0.917. The van der Waals surface area contributed by atoms with Crippen LogP contribution < -0.4 is 15.0 Å². The normalized spacial score (nSPS) is 28.2. The fraction of sp³-hybridized carbons (Fsp3) is 0.647. The number of ether oxygens (including phenoxy) is 1. The van der Waals surface area contributed by atoms with E-state index in [-0.39, 0.29) is 0 Å². The van der Waals surface area contributed by atoms with Crippen molar-refractivity contribution in [3.63, 3.8) is 0 Å². The fourth-order valence-electron chi connectivity index (χ4n) is 3.92. The van der Waals surface area contributed by atoms with Gasteiger partial charge in [0.1, 0.15) is 5.75 Å². The summed E-state index contributed by atoms with van der Waals surface area (Å²) in [4.78, 5) is 2.60. The van der Waals surface area contributed by atoms with Gasteiger partial charge < -0.3 is 15.0 Å². The third-order valence-corrected chi connectivity index (χ3v) is 4.80. The topological polar surface area (TPSA) is 24.5 Å². The van der Waals surface area contributed by atoms with Crippen LogP contribution in [0.5, 0.6) is 5.75 Å². The highest BCUT2D eigenvalue weighted by Crippen LogP contribution is 2.41. The molecule has 3 heterocycles. The second-order valence-electron chi connectivity index (χ2n) is 6.73. The number of hydrogen-bond donors (Lipinski definition) is 1. The monoisotopic (exact) mass is 274 g/mol. The van der Waals surface area contributed by atoms with Crippen LogP contribution in [0.1, 0.15) is 33.6 Å². The molecule has 0 aromatic heterocycles. The van der Waals surface area contributed by atoms with Gasteiger partial charge in [-0.15, -0.1) is 0 Å². The van der Waals surface area contributed by atoms with Crippen LogP contribution in [-0.2, 0) is 0 Å². The van der Waals surface area contributed by atoms with Gasteiger partial charge in [0.25, 0.3) is 0 Å². The SMILES string of the molecule is CCOc1ccc(N2C[C@@H]3CC(C)(C)[C@H]2CCN3)cc1. The van der Waals surface area contributed by atoms with E-state index in [9.17, 15) is 0 Å². The minimum atomic E-state index is 0.380. The second-order valence-corrected chi connectivity index (χ2v) is 6.73. The molecule has 3 aliphatic rings. The molecule has 1 aromatic carbocycles. The molecule has 2 atom stereocenters. The van der Waals surface area contributed by atoms with Crippen LogP contribution in [0.2, 0.25) is 0 Å². The van der Waals surface area contributed by atoms with Gasteiger partial charge in [0, 0.05) is 24.3 Å². The van der Waals surface area contributed by atoms with Crippen molar-refractivity contribution in [2.75, 3.05) is 24.6 Å². The van der Waals surface area contributed by atoms with Gasteiger partial charge in [-0.3, -0.25) is 0 Å². The molecule has 1 aromatic rings. The number of benzene rings is 1. The maximum absolute atomic E-state index is 5.54. The molecule has 3 nitrogen and oxygen atoms in total. The molecular formula is C17H26N2O. The number of anilines is 1. The third kappa shape index (κ3) is 2.51. The van der Waals surface area contributed by atoms with Crippen molar-refractivity contribution in [3.05, 3.63) is 24.3 Å². The van der Waals surface area contributed by atoms with Crippen molar-refractivity contribution < 1.29 is 4.74 Å². The van der Waals surface area contributed by atoms with Gasteiger partial charge in [-0.05, 0) is 56.0 Å². The van der Waals surface area contributed by atoms with E-state index in [1.807, 2.05) is 6.92 Å². The molecule has 0 aliphatic carbocycles. The maximum Gasteiger partial charge on any atom is 0.119 e. The Hall–Kier alpha value is -1.22. The Balaban J connectivity index is 1.85. The Kier molecular flexibility index (Phi) is 3.63. The molecule has 0 radical (unpaired) electrons. The van der Waals surface area contributed by atoms with Crippen LogP contribution in [0.25, 0.3) is 0 Å². The van der Waals surface area contributed by atoms with Crippen molar-refractivity contribution in [3.8, 4) is 5.75 Å². The molecule has 3 fully saturated rings. The van der Waals surface area contributed by atoms with Crippen molar-refractivity contribution >= 4 is 5.69 Å². The Bertz CT molecular complexity index is 455. The first-order valence-electron chi connectivity index (χ1n) is 7.83. The number of rotatable bonds is 3. The first kappa shape index (κ1) is 13.7. The highest BCUT2D eigenvalue weighted by atomic mass is 16.5. The van der Waals surface area contributed by atoms with Gasteiger partial charge in [-0.1, -0.05) is 13.8 Å². The molecule has 3 aliphatic heterocycles. The summed E-state index contributed by atoms with van der Waals surface area (Å²) in [7, 11) is 0. The third-order valence-electron chi connectivity index (χ3n) is 4.80. The Morgan fingerprint density at radius 2 is 2.05 bits per heavy atom. The summed E-state index contributed by atoms with van der Waals surface area (Å²) in [6, 6.07) is 9.86.